The van der Waals surface area contributed by atoms with Gasteiger partial charge in [-0.2, -0.15) is 0 Å². The molecule has 0 amide bonds. The van der Waals surface area contributed by atoms with Gasteiger partial charge in [0.1, 0.15) is 0 Å². The van der Waals surface area contributed by atoms with Crippen LogP contribution in [0.2, 0.25) is 0 Å². The highest BCUT2D eigenvalue weighted by molar-refractivity contribution is 7.99. The van der Waals surface area contributed by atoms with Gasteiger partial charge in [0.15, 0.2) is 0 Å². The van der Waals surface area contributed by atoms with Crippen LogP contribution in [-0.2, 0) is 11.2 Å². The molecule has 0 aliphatic heterocycles. The van der Waals surface area contributed by atoms with Crippen molar-refractivity contribution in [3.63, 3.8) is 0 Å². The Morgan fingerprint density at radius 3 is 2.29 bits per heavy atom. The summed E-state index contributed by atoms with van der Waals surface area (Å²) in [6, 6.07) is 8.93. The number of benzene rings is 1. The maximum absolute atomic E-state index is 5.32. The van der Waals surface area contributed by atoms with Crippen LogP contribution in [0.1, 0.15) is 33.3 Å². The lowest BCUT2D eigenvalue weighted by Gasteiger charge is -2.18. The molecule has 1 nitrogen and oxygen atoms in total. The molecule has 0 heterocycles. The number of hydrogen-bond donors (Lipinski definition) is 0. The third kappa shape index (κ3) is 6.75. The van der Waals surface area contributed by atoms with Gasteiger partial charge in [0, 0.05) is 17.3 Å². The zero-order valence-corrected chi connectivity index (χ0v) is 12.3. The topological polar surface area (TPSA) is 9.23 Å². The number of hydrogen-bond acceptors (Lipinski definition) is 2. The Labute approximate surface area is 110 Å². The van der Waals surface area contributed by atoms with E-state index in [9.17, 15) is 0 Å². The summed E-state index contributed by atoms with van der Waals surface area (Å²) in [4.78, 5) is 1.34. The molecule has 1 rings (SSSR count). The lowest BCUT2D eigenvalue weighted by molar-refractivity contribution is 0.164. The first-order valence-electron chi connectivity index (χ1n) is 6.31. The van der Waals surface area contributed by atoms with Crippen molar-refractivity contribution in [3.8, 4) is 0 Å². The zero-order chi connectivity index (χ0) is 12.7. The summed E-state index contributed by atoms with van der Waals surface area (Å²) in [5.41, 5.74) is 1.79. The van der Waals surface area contributed by atoms with Crippen molar-refractivity contribution in [3.05, 3.63) is 29.8 Å². The van der Waals surface area contributed by atoms with E-state index in [1.165, 1.54) is 10.5 Å². The molecule has 0 aliphatic carbocycles. The van der Waals surface area contributed by atoms with E-state index in [-0.39, 0.29) is 0 Å². The summed E-state index contributed by atoms with van der Waals surface area (Å²) < 4.78 is 5.32. The summed E-state index contributed by atoms with van der Waals surface area (Å²) in [6.07, 6.45) is 1.14. The summed E-state index contributed by atoms with van der Waals surface area (Å²) in [7, 11) is 0. The van der Waals surface area contributed by atoms with Crippen molar-refractivity contribution in [2.75, 3.05) is 19.0 Å². The Morgan fingerprint density at radius 2 is 1.76 bits per heavy atom. The molecule has 0 unspecified atom stereocenters. The van der Waals surface area contributed by atoms with Crippen molar-refractivity contribution in [1.82, 2.24) is 0 Å². The summed E-state index contributed by atoms with van der Waals surface area (Å²) in [5, 5.41) is 0. The Bertz CT molecular complexity index is 311. The quantitative estimate of drug-likeness (QED) is 0.548. The molecule has 0 spiro atoms. The largest absolute Gasteiger partial charge is 0.381 e. The standard InChI is InChI=1S/C15H24OS/c1-5-16-10-11-17-14-8-6-13(7-9-14)12-15(2,3)4/h6-9H,5,10-12H2,1-4H3. The van der Waals surface area contributed by atoms with Gasteiger partial charge in [-0.3, -0.25) is 0 Å². The minimum Gasteiger partial charge on any atom is -0.381 e. The van der Waals surface area contributed by atoms with Gasteiger partial charge in [-0.25, -0.2) is 0 Å². The Kier molecular flexibility index (Phi) is 6.07. The second-order valence-corrected chi connectivity index (χ2v) is 6.60. The fourth-order valence-corrected chi connectivity index (χ4v) is 2.44. The van der Waals surface area contributed by atoms with E-state index in [4.69, 9.17) is 4.74 Å². The van der Waals surface area contributed by atoms with Gasteiger partial charge in [0.25, 0.3) is 0 Å². The van der Waals surface area contributed by atoms with Crippen molar-refractivity contribution < 1.29 is 4.74 Å². The molecule has 0 aliphatic rings. The second-order valence-electron chi connectivity index (χ2n) is 5.43. The van der Waals surface area contributed by atoms with E-state index in [1.54, 1.807) is 0 Å². The van der Waals surface area contributed by atoms with Crippen LogP contribution in [-0.4, -0.2) is 19.0 Å². The van der Waals surface area contributed by atoms with E-state index >= 15 is 0 Å². The van der Waals surface area contributed by atoms with Crippen LogP contribution in [0.25, 0.3) is 0 Å². The molecule has 0 aromatic heterocycles. The molecule has 0 N–H and O–H groups in total. The Balaban J connectivity index is 2.39. The van der Waals surface area contributed by atoms with Gasteiger partial charge in [-0.15, -0.1) is 11.8 Å². The molecular weight excluding hydrogens is 228 g/mol. The third-order valence-electron chi connectivity index (χ3n) is 2.36. The first-order chi connectivity index (χ1) is 8.01. The number of ether oxygens (including phenoxy) is 1. The highest BCUT2D eigenvalue weighted by atomic mass is 32.2. The van der Waals surface area contributed by atoms with Crippen LogP contribution < -0.4 is 0 Å². The average Bonchev–Trinajstić information content (AvgIpc) is 2.25. The molecule has 17 heavy (non-hydrogen) atoms. The van der Waals surface area contributed by atoms with E-state index in [0.717, 1.165) is 25.4 Å². The number of rotatable bonds is 6. The second kappa shape index (κ2) is 7.07. The average molecular weight is 252 g/mol. The molecule has 0 saturated heterocycles. The molecule has 1 aromatic rings. The van der Waals surface area contributed by atoms with E-state index in [1.807, 2.05) is 18.7 Å². The summed E-state index contributed by atoms with van der Waals surface area (Å²) >= 11 is 1.86. The lowest BCUT2D eigenvalue weighted by Crippen LogP contribution is -2.08. The molecule has 0 fully saturated rings. The van der Waals surface area contributed by atoms with Gasteiger partial charge in [0.05, 0.1) is 6.61 Å². The van der Waals surface area contributed by atoms with Crippen LogP contribution in [0.15, 0.2) is 29.2 Å². The molecule has 96 valence electrons. The highest BCUT2D eigenvalue weighted by Crippen LogP contribution is 2.23. The summed E-state index contributed by atoms with van der Waals surface area (Å²) in [6.45, 7) is 10.5. The predicted octanol–water partition coefficient (Wildman–Crippen LogP) is 4.40. The van der Waals surface area contributed by atoms with E-state index < -0.39 is 0 Å². The predicted molar refractivity (Wildman–Crippen MR) is 76.8 cm³/mol. The van der Waals surface area contributed by atoms with Crippen LogP contribution in [0.3, 0.4) is 0 Å². The SMILES string of the molecule is CCOCCSc1ccc(CC(C)(C)C)cc1. The van der Waals surface area contributed by atoms with Gasteiger partial charge >= 0.3 is 0 Å². The first-order valence-corrected chi connectivity index (χ1v) is 7.29. The molecule has 1 aromatic carbocycles. The third-order valence-corrected chi connectivity index (χ3v) is 3.33. The van der Waals surface area contributed by atoms with Gasteiger partial charge in [0.2, 0.25) is 0 Å². The highest BCUT2D eigenvalue weighted by Gasteiger charge is 2.10. The zero-order valence-electron chi connectivity index (χ0n) is 11.5. The maximum Gasteiger partial charge on any atom is 0.0560 e. The first kappa shape index (κ1) is 14.6. The normalized spacial score (nSPS) is 11.8. The van der Waals surface area contributed by atoms with Crippen molar-refractivity contribution in [1.29, 1.82) is 0 Å². The molecule has 2 heteroatoms. The van der Waals surface area contributed by atoms with Crippen molar-refractivity contribution in [2.45, 2.75) is 39.0 Å². The van der Waals surface area contributed by atoms with Crippen LogP contribution >= 0.6 is 11.8 Å². The van der Waals surface area contributed by atoms with Crippen molar-refractivity contribution in [2.24, 2.45) is 5.41 Å². The van der Waals surface area contributed by atoms with Crippen LogP contribution in [0.5, 0.6) is 0 Å². The fraction of sp³-hybridized carbons (Fsp3) is 0.600. The Hall–Kier alpha value is -0.470. The maximum atomic E-state index is 5.32. The fourth-order valence-electron chi connectivity index (χ4n) is 1.68. The Morgan fingerprint density at radius 1 is 1.12 bits per heavy atom. The van der Waals surface area contributed by atoms with Crippen LogP contribution in [0, 0.1) is 5.41 Å². The molecule has 0 radical (unpaired) electrons. The molecule has 0 atom stereocenters. The molecule has 0 bridgehead atoms. The van der Waals surface area contributed by atoms with E-state index in [2.05, 4.69) is 45.0 Å². The molecule has 0 saturated carbocycles. The monoisotopic (exact) mass is 252 g/mol. The minimum atomic E-state index is 0.365. The van der Waals surface area contributed by atoms with Gasteiger partial charge < -0.3 is 4.74 Å². The van der Waals surface area contributed by atoms with E-state index in [0.29, 0.717) is 5.41 Å². The lowest BCUT2D eigenvalue weighted by atomic mass is 9.88. The summed E-state index contributed by atoms with van der Waals surface area (Å²) in [5.74, 6) is 1.03. The van der Waals surface area contributed by atoms with Crippen molar-refractivity contribution >= 4 is 11.8 Å². The smallest absolute Gasteiger partial charge is 0.0560 e. The minimum absolute atomic E-state index is 0.365. The van der Waals surface area contributed by atoms with Crippen LogP contribution in [0.4, 0.5) is 0 Å². The van der Waals surface area contributed by atoms with Gasteiger partial charge in [-0.05, 0) is 36.5 Å². The van der Waals surface area contributed by atoms with Gasteiger partial charge in [-0.1, -0.05) is 32.9 Å². The number of thioether (sulfide) groups is 1. The molecular formula is C15H24OS.